The van der Waals surface area contributed by atoms with Crippen LogP contribution in [0.4, 0.5) is 11.4 Å². The first kappa shape index (κ1) is 19.7. The molecule has 0 heterocycles. The fraction of sp³-hybridized carbons (Fsp3) is 0.333. The molecule has 0 aliphatic carbocycles. The van der Waals surface area contributed by atoms with Gasteiger partial charge in [0.25, 0.3) is 0 Å². The Labute approximate surface area is 150 Å². The van der Waals surface area contributed by atoms with Crippen LogP contribution in [0.5, 0.6) is 0 Å². The minimum atomic E-state index is 0.820. The first-order valence-corrected chi connectivity index (χ1v) is 9.65. The predicted octanol–water partition coefficient (Wildman–Crippen LogP) is 4.18. The molecule has 2 rings (SSSR count). The van der Waals surface area contributed by atoms with Gasteiger partial charge in [-0.25, -0.2) is 0 Å². The van der Waals surface area contributed by atoms with Crippen molar-refractivity contribution in [3.05, 3.63) is 59.7 Å². The maximum Gasteiger partial charge on any atom is 0.0440 e. The second kappa shape index (κ2) is 11.3. The number of nitrogens with one attached hydrogen (secondary N) is 1. The Kier molecular flexibility index (Phi) is 9.67. The SMILES string of the molecule is CS.CSNc1ccc(CCN(C)Cc2ccc(N)cc2)cc1. The first-order chi connectivity index (χ1) is 11.2. The first-order valence-electron chi connectivity index (χ1n) is 7.53. The van der Waals surface area contributed by atoms with Crippen LogP contribution in [0, 0.1) is 0 Å². The summed E-state index contributed by atoms with van der Waals surface area (Å²) in [5.41, 5.74) is 10.3. The number of likely N-dealkylation sites (N-methyl/N-ethyl adjacent to an activating group) is 1. The van der Waals surface area contributed by atoms with Crippen molar-refractivity contribution in [2.24, 2.45) is 0 Å². The van der Waals surface area contributed by atoms with E-state index in [1.54, 1.807) is 18.2 Å². The number of hydrogen-bond acceptors (Lipinski definition) is 5. The van der Waals surface area contributed by atoms with Crippen LogP contribution >= 0.6 is 24.6 Å². The van der Waals surface area contributed by atoms with Crippen LogP contribution < -0.4 is 10.5 Å². The second-order valence-corrected chi connectivity index (χ2v) is 5.84. The average molecular weight is 350 g/mol. The van der Waals surface area contributed by atoms with E-state index in [9.17, 15) is 0 Å². The second-order valence-electron chi connectivity index (χ2n) is 5.23. The van der Waals surface area contributed by atoms with Crippen LogP contribution in [-0.2, 0) is 13.0 Å². The van der Waals surface area contributed by atoms with Crippen molar-refractivity contribution in [1.82, 2.24) is 4.90 Å². The molecular weight excluding hydrogens is 322 g/mol. The monoisotopic (exact) mass is 349 g/mol. The lowest BCUT2D eigenvalue weighted by Crippen LogP contribution is -2.20. The van der Waals surface area contributed by atoms with E-state index in [4.69, 9.17) is 5.73 Å². The Morgan fingerprint density at radius 2 is 1.57 bits per heavy atom. The van der Waals surface area contributed by atoms with E-state index in [2.05, 4.69) is 65.7 Å². The van der Waals surface area contributed by atoms with Crippen molar-refractivity contribution in [1.29, 1.82) is 0 Å². The molecule has 0 bridgehead atoms. The molecule has 3 N–H and O–H groups in total. The quantitative estimate of drug-likeness (QED) is 0.398. The summed E-state index contributed by atoms with van der Waals surface area (Å²) in [5.74, 6) is 0. The van der Waals surface area contributed by atoms with Crippen molar-refractivity contribution in [2.75, 3.05) is 36.6 Å². The summed E-state index contributed by atoms with van der Waals surface area (Å²) in [7, 11) is 2.15. The molecule has 0 radical (unpaired) electrons. The van der Waals surface area contributed by atoms with Crippen molar-refractivity contribution < 1.29 is 0 Å². The largest absolute Gasteiger partial charge is 0.399 e. The highest BCUT2D eigenvalue weighted by molar-refractivity contribution is 7.99. The maximum absolute atomic E-state index is 5.71. The van der Waals surface area contributed by atoms with E-state index in [-0.39, 0.29) is 0 Å². The molecule has 126 valence electrons. The normalized spacial score (nSPS) is 10.1. The molecule has 0 saturated heterocycles. The highest BCUT2D eigenvalue weighted by Gasteiger charge is 2.01. The van der Waals surface area contributed by atoms with E-state index < -0.39 is 0 Å². The third-order valence-electron chi connectivity index (χ3n) is 3.39. The molecule has 0 spiro atoms. The minimum absolute atomic E-state index is 0.820. The van der Waals surface area contributed by atoms with Gasteiger partial charge < -0.3 is 15.4 Å². The van der Waals surface area contributed by atoms with Gasteiger partial charge in [0.15, 0.2) is 0 Å². The zero-order chi connectivity index (χ0) is 17.1. The standard InChI is InChI=1S/C17H23N3S.CH4S/c1-20(13-15-3-7-16(18)8-4-15)12-11-14-5-9-17(10-6-14)19-21-2;1-2/h3-10,19H,11-13,18H2,1-2H3;2H,1H3. The van der Waals surface area contributed by atoms with Crippen LogP contribution in [-0.4, -0.2) is 31.0 Å². The Morgan fingerprint density at radius 3 is 2.13 bits per heavy atom. The number of nitrogen functional groups attached to an aromatic ring is 1. The highest BCUT2D eigenvalue weighted by atomic mass is 32.2. The van der Waals surface area contributed by atoms with Crippen LogP contribution in [0.3, 0.4) is 0 Å². The topological polar surface area (TPSA) is 41.3 Å². The van der Waals surface area contributed by atoms with Gasteiger partial charge in [0, 0.05) is 30.7 Å². The van der Waals surface area contributed by atoms with E-state index in [0.717, 1.165) is 30.9 Å². The number of nitrogens with zero attached hydrogens (tertiary/aromatic N) is 1. The van der Waals surface area contributed by atoms with Gasteiger partial charge in [-0.15, -0.1) is 0 Å². The summed E-state index contributed by atoms with van der Waals surface area (Å²) in [6, 6.07) is 16.7. The molecule has 3 nitrogen and oxygen atoms in total. The molecule has 23 heavy (non-hydrogen) atoms. The lowest BCUT2D eigenvalue weighted by Gasteiger charge is -2.17. The van der Waals surface area contributed by atoms with Crippen LogP contribution in [0.1, 0.15) is 11.1 Å². The Morgan fingerprint density at radius 1 is 1.00 bits per heavy atom. The molecule has 0 aliphatic rings. The molecule has 5 heteroatoms. The third-order valence-corrected chi connectivity index (χ3v) is 3.83. The van der Waals surface area contributed by atoms with Gasteiger partial charge in [0.05, 0.1) is 0 Å². The van der Waals surface area contributed by atoms with Crippen LogP contribution in [0.2, 0.25) is 0 Å². The van der Waals surface area contributed by atoms with Gasteiger partial charge in [0.1, 0.15) is 0 Å². The smallest absolute Gasteiger partial charge is 0.0440 e. The fourth-order valence-electron chi connectivity index (χ4n) is 2.19. The Bertz CT molecular complexity index is 541. The van der Waals surface area contributed by atoms with Crippen LogP contribution in [0.15, 0.2) is 48.5 Å². The number of anilines is 2. The molecule has 0 aliphatic heterocycles. The molecule has 0 fully saturated rings. The minimum Gasteiger partial charge on any atom is -0.399 e. The zero-order valence-electron chi connectivity index (χ0n) is 14.1. The molecule has 0 aromatic heterocycles. The highest BCUT2D eigenvalue weighted by Crippen LogP contribution is 2.13. The summed E-state index contributed by atoms with van der Waals surface area (Å²) in [4.78, 5) is 2.33. The van der Waals surface area contributed by atoms with Crippen molar-refractivity contribution in [2.45, 2.75) is 13.0 Å². The summed E-state index contributed by atoms with van der Waals surface area (Å²) < 4.78 is 3.23. The van der Waals surface area contributed by atoms with Gasteiger partial charge in [-0.2, -0.15) is 12.6 Å². The van der Waals surface area contributed by atoms with Gasteiger partial charge in [0.2, 0.25) is 0 Å². The Balaban J connectivity index is 0.00000127. The van der Waals surface area contributed by atoms with E-state index >= 15 is 0 Å². The maximum atomic E-state index is 5.71. The summed E-state index contributed by atoms with van der Waals surface area (Å²) >= 11 is 5.14. The van der Waals surface area contributed by atoms with Gasteiger partial charge in [-0.05, 0) is 55.1 Å². The third kappa shape index (κ3) is 7.68. The average Bonchev–Trinajstić information content (AvgIpc) is 2.58. The molecular formula is C18H27N3S2. The summed E-state index contributed by atoms with van der Waals surface area (Å²) in [6.07, 6.45) is 4.78. The fourth-order valence-corrected chi connectivity index (χ4v) is 2.56. The van der Waals surface area contributed by atoms with Crippen molar-refractivity contribution >= 4 is 36.0 Å². The number of rotatable bonds is 7. The predicted molar refractivity (Wildman–Crippen MR) is 109 cm³/mol. The number of nitrogens with two attached hydrogens (primary N) is 1. The van der Waals surface area contributed by atoms with E-state index in [0.29, 0.717) is 0 Å². The van der Waals surface area contributed by atoms with Gasteiger partial charge in [-0.3, -0.25) is 0 Å². The number of benzene rings is 2. The lowest BCUT2D eigenvalue weighted by atomic mass is 10.1. The molecule has 0 saturated carbocycles. The zero-order valence-corrected chi connectivity index (χ0v) is 15.8. The number of thiol groups is 1. The summed E-state index contributed by atoms with van der Waals surface area (Å²) in [6.45, 7) is 1.99. The number of hydrogen-bond donors (Lipinski definition) is 3. The van der Waals surface area contributed by atoms with Crippen molar-refractivity contribution in [3.63, 3.8) is 0 Å². The van der Waals surface area contributed by atoms with E-state index in [1.165, 1.54) is 11.1 Å². The van der Waals surface area contributed by atoms with Crippen LogP contribution in [0.25, 0.3) is 0 Å². The Hall–Kier alpha value is -1.30. The molecule has 2 aromatic carbocycles. The molecule has 0 atom stereocenters. The van der Waals surface area contributed by atoms with Gasteiger partial charge in [-0.1, -0.05) is 36.2 Å². The molecule has 0 amide bonds. The molecule has 2 aromatic rings. The molecule has 0 unspecified atom stereocenters. The van der Waals surface area contributed by atoms with E-state index in [1.807, 2.05) is 18.4 Å². The summed E-state index contributed by atoms with van der Waals surface area (Å²) in [5, 5.41) is 0. The lowest BCUT2D eigenvalue weighted by molar-refractivity contribution is 0.331. The van der Waals surface area contributed by atoms with Gasteiger partial charge >= 0.3 is 0 Å². The van der Waals surface area contributed by atoms with Crippen molar-refractivity contribution in [3.8, 4) is 0 Å².